The van der Waals surface area contributed by atoms with Gasteiger partial charge in [-0.15, -0.1) is 0 Å². The molecule has 0 spiro atoms. The molecule has 2 amide bonds. The van der Waals surface area contributed by atoms with Crippen molar-refractivity contribution in [1.82, 2.24) is 5.32 Å². The van der Waals surface area contributed by atoms with Crippen LogP contribution >= 0.6 is 0 Å². The van der Waals surface area contributed by atoms with Gasteiger partial charge in [-0.25, -0.2) is 4.79 Å². The van der Waals surface area contributed by atoms with Crippen LogP contribution in [-0.4, -0.2) is 19.7 Å². The van der Waals surface area contributed by atoms with Gasteiger partial charge in [0.2, 0.25) is 0 Å². The molecule has 0 fully saturated rings. The van der Waals surface area contributed by atoms with E-state index in [0.29, 0.717) is 24.3 Å². The van der Waals surface area contributed by atoms with Gasteiger partial charge in [0.05, 0.1) is 7.11 Å². The van der Waals surface area contributed by atoms with Gasteiger partial charge in [0.15, 0.2) is 0 Å². The largest absolute Gasteiger partial charge is 0.496 e. The standard InChI is InChI=1S/C16H19N3O2/c1-21-15-5-3-2-4-12(15)10-11-18-16(20)19-14-8-6-13(17)7-9-14/h2-9H,10-11,17H2,1H3,(H2,18,19,20). The Morgan fingerprint density at radius 1 is 1.14 bits per heavy atom. The number of para-hydroxylation sites is 1. The molecule has 0 aliphatic heterocycles. The van der Waals surface area contributed by atoms with E-state index in [2.05, 4.69) is 10.6 Å². The summed E-state index contributed by atoms with van der Waals surface area (Å²) in [4.78, 5) is 11.8. The van der Waals surface area contributed by atoms with Crippen molar-refractivity contribution in [3.8, 4) is 5.75 Å². The lowest BCUT2D eigenvalue weighted by Gasteiger charge is -2.10. The summed E-state index contributed by atoms with van der Waals surface area (Å²) in [5.41, 5.74) is 8.02. The summed E-state index contributed by atoms with van der Waals surface area (Å²) in [6, 6.07) is 14.5. The topological polar surface area (TPSA) is 76.4 Å². The van der Waals surface area contributed by atoms with Crippen LogP contribution in [0.15, 0.2) is 48.5 Å². The first kappa shape index (κ1) is 14.7. The van der Waals surface area contributed by atoms with Gasteiger partial charge in [-0.05, 0) is 42.3 Å². The summed E-state index contributed by atoms with van der Waals surface area (Å²) in [7, 11) is 1.64. The number of nitrogen functional groups attached to an aromatic ring is 1. The number of ether oxygens (including phenoxy) is 1. The minimum Gasteiger partial charge on any atom is -0.496 e. The van der Waals surface area contributed by atoms with Gasteiger partial charge in [0.25, 0.3) is 0 Å². The molecule has 0 heterocycles. The summed E-state index contributed by atoms with van der Waals surface area (Å²) >= 11 is 0. The number of benzene rings is 2. The highest BCUT2D eigenvalue weighted by molar-refractivity contribution is 5.89. The number of hydrogen-bond acceptors (Lipinski definition) is 3. The van der Waals surface area contributed by atoms with Crippen LogP contribution in [0, 0.1) is 0 Å². The zero-order valence-corrected chi connectivity index (χ0v) is 11.9. The molecule has 0 unspecified atom stereocenters. The van der Waals surface area contributed by atoms with E-state index in [-0.39, 0.29) is 6.03 Å². The summed E-state index contributed by atoms with van der Waals surface area (Å²) in [6.45, 7) is 0.529. The molecule has 0 saturated carbocycles. The molecule has 5 nitrogen and oxygen atoms in total. The Labute approximate surface area is 124 Å². The molecule has 0 atom stereocenters. The molecule has 0 saturated heterocycles. The summed E-state index contributed by atoms with van der Waals surface area (Å²) in [6.07, 6.45) is 0.708. The average Bonchev–Trinajstić information content (AvgIpc) is 2.50. The Bertz CT molecular complexity index is 597. The van der Waals surface area contributed by atoms with Crippen molar-refractivity contribution in [3.05, 3.63) is 54.1 Å². The van der Waals surface area contributed by atoms with E-state index in [9.17, 15) is 4.79 Å². The number of anilines is 2. The minimum absolute atomic E-state index is 0.241. The molecule has 2 rings (SSSR count). The van der Waals surface area contributed by atoms with Crippen molar-refractivity contribution < 1.29 is 9.53 Å². The fraction of sp³-hybridized carbons (Fsp3) is 0.188. The lowest BCUT2D eigenvalue weighted by atomic mass is 10.1. The predicted octanol–water partition coefficient (Wildman–Crippen LogP) is 2.64. The first-order chi connectivity index (χ1) is 10.2. The molecule has 0 bridgehead atoms. The lowest BCUT2D eigenvalue weighted by molar-refractivity contribution is 0.252. The number of nitrogens with one attached hydrogen (secondary N) is 2. The van der Waals surface area contributed by atoms with Crippen LogP contribution in [0.4, 0.5) is 16.2 Å². The lowest BCUT2D eigenvalue weighted by Crippen LogP contribution is -2.30. The number of nitrogens with two attached hydrogens (primary N) is 1. The summed E-state index contributed by atoms with van der Waals surface area (Å²) in [5.74, 6) is 0.832. The van der Waals surface area contributed by atoms with Crippen LogP contribution in [-0.2, 0) is 6.42 Å². The van der Waals surface area contributed by atoms with Crippen molar-refractivity contribution >= 4 is 17.4 Å². The van der Waals surface area contributed by atoms with Gasteiger partial charge in [0, 0.05) is 17.9 Å². The number of carbonyl (C=O) groups excluding carboxylic acids is 1. The number of amides is 2. The van der Waals surface area contributed by atoms with E-state index in [1.165, 1.54) is 0 Å². The van der Waals surface area contributed by atoms with Crippen LogP contribution in [0.5, 0.6) is 5.75 Å². The Balaban J connectivity index is 1.80. The maximum Gasteiger partial charge on any atom is 0.319 e. The molecule has 2 aromatic carbocycles. The SMILES string of the molecule is COc1ccccc1CCNC(=O)Nc1ccc(N)cc1. The van der Waals surface area contributed by atoms with Crippen molar-refractivity contribution in [2.24, 2.45) is 0 Å². The van der Waals surface area contributed by atoms with Gasteiger partial charge < -0.3 is 21.1 Å². The van der Waals surface area contributed by atoms with Crippen molar-refractivity contribution in [2.45, 2.75) is 6.42 Å². The molecule has 5 heteroatoms. The number of rotatable bonds is 5. The zero-order chi connectivity index (χ0) is 15.1. The monoisotopic (exact) mass is 285 g/mol. The number of hydrogen-bond donors (Lipinski definition) is 3. The van der Waals surface area contributed by atoms with E-state index < -0.39 is 0 Å². The normalized spacial score (nSPS) is 9.95. The molecular weight excluding hydrogens is 266 g/mol. The molecule has 0 aliphatic rings. The van der Waals surface area contributed by atoms with E-state index in [1.807, 2.05) is 24.3 Å². The number of methoxy groups -OCH3 is 1. The second-order valence-electron chi connectivity index (χ2n) is 4.56. The van der Waals surface area contributed by atoms with Gasteiger partial charge in [-0.1, -0.05) is 18.2 Å². The molecular formula is C16H19N3O2. The van der Waals surface area contributed by atoms with Crippen LogP contribution in [0.1, 0.15) is 5.56 Å². The summed E-state index contributed by atoms with van der Waals surface area (Å²) < 4.78 is 5.27. The van der Waals surface area contributed by atoms with Crippen molar-refractivity contribution in [3.63, 3.8) is 0 Å². The minimum atomic E-state index is -0.241. The second-order valence-corrected chi connectivity index (χ2v) is 4.56. The Kier molecular flexibility index (Phi) is 5.04. The first-order valence-electron chi connectivity index (χ1n) is 6.71. The second kappa shape index (κ2) is 7.19. The molecule has 21 heavy (non-hydrogen) atoms. The molecule has 4 N–H and O–H groups in total. The highest BCUT2D eigenvalue weighted by atomic mass is 16.5. The molecule has 2 aromatic rings. The van der Waals surface area contributed by atoms with Gasteiger partial charge >= 0.3 is 6.03 Å². The average molecular weight is 285 g/mol. The zero-order valence-electron chi connectivity index (χ0n) is 11.9. The smallest absolute Gasteiger partial charge is 0.319 e. The van der Waals surface area contributed by atoms with Crippen molar-refractivity contribution in [1.29, 1.82) is 0 Å². The van der Waals surface area contributed by atoms with E-state index in [1.54, 1.807) is 31.4 Å². The Hall–Kier alpha value is -2.69. The molecule has 110 valence electrons. The Morgan fingerprint density at radius 2 is 1.86 bits per heavy atom. The predicted molar refractivity (Wildman–Crippen MR) is 84.6 cm³/mol. The van der Waals surface area contributed by atoms with E-state index in [0.717, 1.165) is 11.3 Å². The van der Waals surface area contributed by atoms with E-state index in [4.69, 9.17) is 10.5 Å². The highest BCUT2D eigenvalue weighted by Crippen LogP contribution is 2.17. The third-order valence-corrected chi connectivity index (χ3v) is 3.04. The van der Waals surface area contributed by atoms with Crippen LogP contribution < -0.4 is 21.1 Å². The quantitative estimate of drug-likeness (QED) is 0.739. The maximum absolute atomic E-state index is 11.8. The first-order valence-corrected chi connectivity index (χ1v) is 6.71. The van der Waals surface area contributed by atoms with Crippen molar-refractivity contribution in [2.75, 3.05) is 24.7 Å². The Morgan fingerprint density at radius 3 is 2.57 bits per heavy atom. The molecule has 0 aromatic heterocycles. The van der Waals surface area contributed by atoms with Gasteiger partial charge in [-0.2, -0.15) is 0 Å². The maximum atomic E-state index is 11.8. The third kappa shape index (κ3) is 4.42. The fourth-order valence-electron chi connectivity index (χ4n) is 1.96. The third-order valence-electron chi connectivity index (χ3n) is 3.04. The fourth-order valence-corrected chi connectivity index (χ4v) is 1.96. The molecule has 0 radical (unpaired) electrons. The van der Waals surface area contributed by atoms with Crippen LogP contribution in [0.2, 0.25) is 0 Å². The van der Waals surface area contributed by atoms with Gasteiger partial charge in [0.1, 0.15) is 5.75 Å². The van der Waals surface area contributed by atoms with Gasteiger partial charge in [-0.3, -0.25) is 0 Å². The number of carbonyl (C=O) groups is 1. The molecule has 0 aliphatic carbocycles. The number of urea groups is 1. The van der Waals surface area contributed by atoms with Crippen LogP contribution in [0.3, 0.4) is 0 Å². The van der Waals surface area contributed by atoms with E-state index >= 15 is 0 Å². The van der Waals surface area contributed by atoms with Crippen LogP contribution in [0.25, 0.3) is 0 Å². The summed E-state index contributed by atoms with van der Waals surface area (Å²) in [5, 5.41) is 5.56. The highest BCUT2D eigenvalue weighted by Gasteiger charge is 2.04.